The molecule has 24 heavy (non-hydrogen) atoms. The zero-order valence-corrected chi connectivity index (χ0v) is 16.4. The Bertz CT molecular complexity index is 758. The van der Waals surface area contributed by atoms with E-state index in [4.69, 9.17) is 9.94 Å². The second kappa shape index (κ2) is 8.75. The standard InChI is InChI=1S/C16H15BrFIN2O3/c1-9-6-10(19)2-3-14(9)20-15-8-13(18)12(17)7-11(15)16(23)21-24-5-4-22/h2-3,6-8,20,22H,4-5H2,1H3,(H,21,23). The summed E-state index contributed by atoms with van der Waals surface area (Å²) in [4.78, 5) is 17.1. The Morgan fingerprint density at radius 2 is 2.08 bits per heavy atom. The third-order valence-electron chi connectivity index (χ3n) is 3.12. The van der Waals surface area contributed by atoms with E-state index in [0.29, 0.717) is 5.69 Å². The molecule has 3 N–H and O–H groups in total. The van der Waals surface area contributed by atoms with Crippen LogP contribution in [0.5, 0.6) is 0 Å². The van der Waals surface area contributed by atoms with Crippen LogP contribution in [-0.4, -0.2) is 24.2 Å². The van der Waals surface area contributed by atoms with Crippen LogP contribution >= 0.6 is 38.5 Å². The summed E-state index contributed by atoms with van der Waals surface area (Å²) in [5, 5.41) is 11.8. The number of hydrogen-bond acceptors (Lipinski definition) is 4. The quantitative estimate of drug-likeness (QED) is 0.314. The fraction of sp³-hybridized carbons (Fsp3) is 0.188. The SMILES string of the molecule is Cc1cc(I)ccc1Nc1cc(F)c(Br)cc1C(=O)NOCCO. The van der Waals surface area contributed by atoms with Gasteiger partial charge < -0.3 is 10.4 Å². The van der Waals surface area contributed by atoms with Crippen molar-refractivity contribution in [1.29, 1.82) is 0 Å². The highest BCUT2D eigenvalue weighted by molar-refractivity contribution is 14.1. The highest BCUT2D eigenvalue weighted by atomic mass is 127. The van der Waals surface area contributed by atoms with Crippen molar-refractivity contribution >= 4 is 55.8 Å². The largest absolute Gasteiger partial charge is 0.394 e. The van der Waals surface area contributed by atoms with E-state index in [9.17, 15) is 9.18 Å². The van der Waals surface area contributed by atoms with Crippen LogP contribution in [-0.2, 0) is 4.84 Å². The lowest BCUT2D eigenvalue weighted by molar-refractivity contribution is 0.0169. The molecule has 0 saturated heterocycles. The van der Waals surface area contributed by atoms with Crippen molar-refractivity contribution in [3.05, 3.63) is 55.3 Å². The Kier molecular flexibility index (Phi) is 6.96. The summed E-state index contributed by atoms with van der Waals surface area (Å²) < 4.78 is 15.2. The predicted octanol–water partition coefficient (Wildman–Crippen LogP) is 3.90. The number of carbonyl (C=O) groups is 1. The molecule has 0 bridgehead atoms. The summed E-state index contributed by atoms with van der Waals surface area (Å²) in [6, 6.07) is 8.36. The maximum atomic E-state index is 13.9. The van der Waals surface area contributed by atoms with Gasteiger partial charge in [0.2, 0.25) is 0 Å². The molecule has 0 saturated carbocycles. The zero-order valence-electron chi connectivity index (χ0n) is 12.7. The van der Waals surface area contributed by atoms with E-state index in [0.717, 1.165) is 14.8 Å². The maximum absolute atomic E-state index is 13.9. The van der Waals surface area contributed by atoms with Gasteiger partial charge in [-0.3, -0.25) is 9.63 Å². The molecule has 0 atom stereocenters. The summed E-state index contributed by atoms with van der Waals surface area (Å²) in [7, 11) is 0. The van der Waals surface area contributed by atoms with Gasteiger partial charge in [0.05, 0.1) is 28.9 Å². The topological polar surface area (TPSA) is 70.6 Å². The van der Waals surface area contributed by atoms with Crippen molar-refractivity contribution < 1.29 is 19.1 Å². The molecule has 0 fully saturated rings. The Labute approximate surface area is 160 Å². The summed E-state index contributed by atoms with van der Waals surface area (Å²) in [5.41, 5.74) is 4.46. The van der Waals surface area contributed by atoms with Gasteiger partial charge >= 0.3 is 0 Å². The molecular weight excluding hydrogens is 494 g/mol. The first-order valence-corrected chi connectivity index (χ1v) is 8.84. The molecule has 8 heteroatoms. The number of halogens is 3. The second-order valence-corrected chi connectivity index (χ2v) is 7.00. The number of hydroxylamine groups is 1. The van der Waals surface area contributed by atoms with Crippen LogP contribution in [0.3, 0.4) is 0 Å². The Morgan fingerprint density at radius 1 is 1.33 bits per heavy atom. The molecule has 0 spiro atoms. The van der Waals surface area contributed by atoms with Gasteiger partial charge in [-0.15, -0.1) is 0 Å². The highest BCUT2D eigenvalue weighted by Crippen LogP contribution is 2.29. The minimum Gasteiger partial charge on any atom is -0.394 e. The van der Waals surface area contributed by atoms with Crippen LogP contribution in [0.15, 0.2) is 34.8 Å². The van der Waals surface area contributed by atoms with Gasteiger partial charge in [0.25, 0.3) is 5.91 Å². The molecule has 0 aliphatic rings. The van der Waals surface area contributed by atoms with E-state index >= 15 is 0 Å². The van der Waals surface area contributed by atoms with Crippen molar-refractivity contribution in [3.63, 3.8) is 0 Å². The molecule has 128 valence electrons. The van der Waals surface area contributed by atoms with E-state index in [1.165, 1.54) is 12.1 Å². The van der Waals surface area contributed by atoms with Crippen LogP contribution < -0.4 is 10.8 Å². The molecule has 1 amide bonds. The molecule has 0 heterocycles. The number of aliphatic hydroxyl groups is 1. The smallest absolute Gasteiger partial charge is 0.276 e. The Hall–Kier alpha value is -1.23. The van der Waals surface area contributed by atoms with Crippen LogP contribution in [0, 0.1) is 16.3 Å². The summed E-state index contributed by atoms with van der Waals surface area (Å²) in [5.74, 6) is -1.04. The van der Waals surface area contributed by atoms with Crippen molar-refractivity contribution in [3.8, 4) is 0 Å². The number of rotatable bonds is 6. The normalized spacial score (nSPS) is 10.5. The first kappa shape index (κ1) is 19.1. The molecule has 0 aliphatic heterocycles. The van der Waals surface area contributed by atoms with E-state index in [2.05, 4.69) is 49.3 Å². The summed E-state index contributed by atoms with van der Waals surface area (Å²) in [6.07, 6.45) is 0. The summed E-state index contributed by atoms with van der Waals surface area (Å²) in [6.45, 7) is 1.66. The van der Waals surface area contributed by atoms with Gasteiger partial charge in [0, 0.05) is 9.26 Å². The molecule has 2 rings (SSSR count). The van der Waals surface area contributed by atoms with E-state index in [1.807, 2.05) is 25.1 Å². The average Bonchev–Trinajstić information content (AvgIpc) is 2.53. The number of aliphatic hydroxyl groups excluding tert-OH is 1. The maximum Gasteiger partial charge on any atom is 0.276 e. The second-order valence-electron chi connectivity index (χ2n) is 4.90. The van der Waals surface area contributed by atoms with Gasteiger partial charge in [0.15, 0.2) is 0 Å². The van der Waals surface area contributed by atoms with Gasteiger partial charge in [-0.1, -0.05) is 0 Å². The number of carbonyl (C=O) groups excluding carboxylic acids is 1. The lowest BCUT2D eigenvalue weighted by Gasteiger charge is -2.15. The highest BCUT2D eigenvalue weighted by Gasteiger charge is 2.16. The molecule has 2 aromatic carbocycles. The van der Waals surface area contributed by atoms with E-state index in [-0.39, 0.29) is 23.2 Å². The third-order valence-corrected chi connectivity index (χ3v) is 4.40. The Morgan fingerprint density at radius 3 is 2.75 bits per heavy atom. The summed E-state index contributed by atoms with van der Waals surface area (Å²) >= 11 is 5.28. The third kappa shape index (κ3) is 4.88. The van der Waals surface area contributed by atoms with Crippen molar-refractivity contribution in [1.82, 2.24) is 5.48 Å². The minimum atomic E-state index is -0.546. The van der Waals surface area contributed by atoms with Crippen LogP contribution in [0.1, 0.15) is 15.9 Å². The Balaban J connectivity index is 2.33. The number of benzene rings is 2. The number of nitrogens with one attached hydrogen (secondary N) is 2. The number of hydrogen-bond donors (Lipinski definition) is 3. The zero-order chi connectivity index (χ0) is 17.7. The van der Waals surface area contributed by atoms with E-state index < -0.39 is 11.7 Å². The molecule has 0 aliphatic carbocycles. The molecule has 0 radical (unpaired) electrons. The monoisotopic (exact) mass is 508 g/mol. The molecular formula is C16H15BrFIN2O3. The molecule has 0 unspecified atom stereocenters. The fourth-order valence-corrected chi connectivity index (χ4v) is 2.96. The van der Waals surface area contributed by atoms with Gasteiger partial charge in [-0.05, 0) is 81.3 Å². The van der Waals surface area contributed by atoms with Crippen LogP contribution in [0.25, 0.3) is 0 Å². The predicted molar refractivity (Wildman–Crippen MR) is 102 cm³/mol. The van der Waals surface area contributed by atoms with Crippen molar-refractivity contribution in [2.45, 2.75) is 6.92 Å². The minimum absolute atomic E-state index is 0.0346. The number of aryl methyl sites for hydroxylation is 1. The van der Waals surface area contributed by atoms with Gasteiger partial charge in [-0.2, -0.15) is 0 Å². The van der Waals surface area contributed by atoms with Crippen molar-refractivity contribution in [2.75, 3.05) is 18.5 Å². The van der Waals surface area contributed by atoms with Gasteiger partial charge in [-0.25, -0.2) is 9.87 Å². The van der Waals surface area contributed by atoms with Gasteiger partial charge in [0.1, 0.15) is 5.82 Å². The lowest BCUT2D eigenvalue weighted by Crippen LogP contribution is -2.26. The van der Waals surface area contributed by atoms with Crippen LogP contribution in [0.4, 0.5) is 15.8 Å². The first-order valence-electron chi connectivity index (χ1n) is 6.97. The number of amides is 1. The van der Waals surface area contributed by atoms with E-state index in [1.54, 1.807) is 0 Å². The van der Waals surface area contributed by atoms with Crippen molar-refractivity contribution in [2.24, 2.45) is 0 Å². The number of anilines is 2. The molecule has 0 aromatic heterocycles. The molecule has 5 nitrogen and oxygen atoms in total. The van der Waals surface area contributed by atoms with Crippen LogP contribution in [0.2, 0.25) is 0 Å². The lowest BCUT2D eigenvalue weighted by atomic mass is 10.1. The first-order chi connectivity index (χ1) is 11.4. The average molecular weight is 509 g/mol. The fourth-order valence-electron chi connectivity index (χ4n) is 1.97. The molecule has 2 aromatic rings.